The highest BCUT2D eigenvalue weighted by Crippen LogP contribution is 2.27. The second-order valence-electron chi connectivity index (χ2n) is 8.52. The maximum atomic E-state index is 12.9. The highest BCUT2D eigenvalue weighted by molar-refractivity contribution is 5.95. The van der Waals surface area contributed by atoms with E-state index in [4.69, 9.17) is 9.47 Å². The fraction of sp³-hybridized carbons (Fsp3) is 0.458. The summed E-state index contributed by atoms with van der Waals surface area (Å²) in [4.78, 5) is 17.0. The Hall–Kier alpha value is -2.53. The van der Waals surface area contributed by atoms with Gasteiger partial charge in [-0.05, 0) is 42.4 Å². The molecular formula is C24H30N2O7. The molecule has 0 aromatic heterocycles. The Balaban J connectivity index is 1.44. The van der Waals surface area contributed by atoms with Crippen molar-refractivity contribution in [1.29, 1.82) is 0 Å². The molecule has 4 rings (SSSR count). The number of piperazine rings is 1. The number of likely N-dealkylation sites (N-methyl/N-ethyl adjacent to an activating group) is 1. The van der Waals surface area contributed by atoms with Crippen LogP contribution < -0.4 is 4.74 Å². The molecule has 2 aliphatic heterocycles. The van der Waals surface area contributed by atoms with Crippen LogP contribution in [-0.2, 0) is 4.74 Å². The van der Waals surface area contributed by atoms with Crippen LogP contribution in [0.15, 0.2) is 48.5 Å². The van der Waals surface area contributed by atoms with Crippen LogP contribution in [0.3, 0.4) is 0 Å². The number of nitrogens with zero attached hydrogens (tertiary/aromatic N) is 2. The molecule has 2 aromatic rings. The molecule has 0 unspecified atom stereocenters. The van der Waals surface area contributed by atoms with E-state index in [-0.39, 0.29) is 5.91 Å². The zero-order chi connectivity index (χ0) is 23.5. The van der Waals surface area contributed by atoms with Gasteiger partial charge in [0.2, 0.25) is 6.29 Å². The van der Waals surface area contributed by atoms with Crippen molar-refractivity contribution in [3.8, 4) is 16.9 Å². The molecule has 33 heavy (non-hydrogen) atoms. The predicted octanol–water partition coefficient (Wildman–Crippen LogP) is -0.0801. The van der Waals surface area contributed by atoms with Gasteiger partial charge in [0.05, 0.1) is 6.61 Å². The van der Waals surface area contributed by atoms with Crippen LogP contribution in [0.4, 0.5) is 0 Å². The molecule has 2 aliphatic rings. The second kappa shape index (κ2) is 10.2. The van der Waals surface area contributed by atoms with E-state index in [1.54, 1.807) is 12.1 Å². The fourth-order valence-corrected chi connectivity index (χ4v) is 4.05. The van der Waals surface area contributed by atoms with Crippen LogP contribution in [-0.4, -0.2) is 107 Å². The molecule has 9 heteroatoms. The average Bonchev–Trinajstić information content (AvgIpc) is 2.85. The Labute approximate surface area is 192 Å². The molecule has 0 aliphatic carbocycles. The number of ether oxygens (including phenoxy) is 2. The van der Waals surface area contributed by atoms with Crippen molar-refractivity contribution in [2.45, 2.75) is 30.7 Å². The SMILES string of the molecule is CN1CCN(C(=O)c2cccc(-c3ccc(O[C@H]4O[C@H](CO)[C@@H](O)[C@@H](O)[C@H]4O)cc3)c2)CC1. The second-order valence-corrected chi connectivity index (χ2v) is 8.52. The van der Waals surface area contributed by atoms with E-state index in [0.29, 0.717) is 24.4 Å². The molecule has 2 fully saturated rings. The summed E-state index contributed by atoms with van der Waals surface area (Å²) in [5.74, 6) is 0.403. The topological polar surface area (TPSA) is 123 Å². The number of amides is 1. The molecule has 2 aromatic carbocycles. The third kappa shape index (κ3) is 5.19. The summed E-state index contributed by atoms with van der Waals surface area (Å²) in [5, 5.41) is 39.2. The summed E-state index contributed by atoms with van der Waals surface area (Å²) in [5.41, 5.74) is 2.40. The van der Waals surface area contributed by atoms with Gasteiger partial charge in [-0.15, -0.1) is 0 Å². The summed E-state index contributed by atoms with van der Waals surface area (Å²) < 4.78 is 11.0. The first-order valence-corrected chi connectivity index (χ1v) is 11.0. The predicted molar refractivity (Wildman–Crippen MR) is 120 cm³/mol. The molecule has 178 valence electrons. The highest BCUT2D eigenvalue weighted by atomic mass is 16.7. The third-order valence-corrected chi connectivity index (χ3v) is 6.19. The van der Waals surface area contributed by atoms with Gasteiger partial charge in [-0.3, -0.25) is 4.79 Å². The molecule has 1 amide bonds. The van der Waals surface area contributed by atoms with Crippen LogP contribution in [0.25, 0.3) is 11.1 Å². The van der Waals surface area contributed by atoms with Crippen molar-refractivity contribution in [3.63, 3.8) is 0 Å². The van der Waals surface area contributed by atoms with Gasteiger partial charge < -0.3 is 39.7 Å². The minimum Gasteiger partial charge on any atom is -0.462 e. The molecule has 2 saturated heterocycles. The first-order chi connectivity index (χ1) is 15.9. The molecule has 2 heterocycles. The molecule has 4 N–H and O–H groups in total. The summed E-state index contributed by atoms with van der Waals surface area (Å²) in [6.07, 6.45) is -6.68. The summed E-state index contributed by atoms with van der Waals surface area (Å²) >= 11 is 0. The monoisotopic (exact) mass is 458 g/mol. The zero-order valence-electron chi connectivity index (χ0n) is 18.4. The average molecular weight is 459 g/mol. The van der Waals surface area contributed by atoms with Crippen molar-refractivity contribution in [2.75, 3.05) is 39.8 Å². The van der Waals surface area contributed by atoms with Gasteiger partial charge in [-0.25, -0.2) is 0 Å². The lowest BCUT2D eigenvalue weighted by Crippen LogP contribution is -2.60. The quantitative estimate of drug-likeness (QED) is 0.491. The lowest BCUT2D eigenvalue weighted by molar-refractivity contribution is -0.277. The number of rotatable bonds is 5. The van der Waals surface area contributed by atoms with Gasteiger partial charge in [0.15, 0.2) is 0 Å². The summed E-state index contributed by atoms with van der Waals surface area (Å²) in [7, 11) is 2.05. The molecule has 0 radical (unpaired) electrons. The molecule has 0 bridgehead atoms. The lowest BCUT2D eigenvalue weighted by atomic mass is 9.99. The van der Waals surface area contributed by atoms with Crippen LogP contribution in [0.1, 0.15) is 10.4 Å². The summed E-state index contributed by atoms with van der Waals surface area (Å²) in [6, 6.07) is 14.5. The van der Waals surface area contributed by atoms with E-state index in [9.17, 15) is 25.2 Å². The Morgan fingerprint density at radius 1 is 0.970 bits per heavy atom. The Morgan fingerprint density at radius 2 is 1.67 bits per heavy atom. The lowest BCUT2D eigenvalue weighted by Gasteiger charge is -2.39. The van der Waals surface area contributed by atoms with Gasteiger partial charge in [0, 0.05) is 31.7 Å². The zero-order valence-corrected chi connectivity index (χ0v) is 18.4. The van der Waals surface area contributed by atoms with E-state index in [1.807, 2.05) is 48.3 Å². The van der Waals surface area contributed by atoms with Crippen molar-refractivity contribution >= 4 is 5.91 Å². The maximum absolute atomic E-state index is 12.9. The molecule has 0 spiro atoms. The van der Waals surface area contributed by atoms with Crippen LogP contribution in [0.2, 0.25) is 0 Å². The van der Waals surface area contributed by atoms with Crippen LogP contribution >= 0.6 is 0 Å². The fourth-order valence-electron chi connectivity index (χ4n) is 4.05. The third-order valence-electron chi connectivity index (χ3n) is 6.19. The Kier molecular flexibility index (Phi) is 7.28. The number of hydrogen-bond acceptors (Lipinski definition) is 8. The first kappa shape index (κ1) is 23.6. The Bertz CT molecular complexity index is 944. The van der Waals surface area contributed by atoms with Crippen LogP contribution in [0, 0.1) is 0 Å². The van der Waals surface area contributed by atoms with Crippen molar-refractivity contribution in [3.05, 3.63) is 54.1 Å². The molecular weight excluding hydrogens is 428 g/mol. The summed E-state index contributed by atoms with van der Waals surface area (Å²) in [6.45, 7) is 2.63. The molecule has 5 atom stereocenters. The molecule has 9 nitrogen and oxygen atoms in total. The minimum absolute atomic E-state index is 0.0209. The minimum atomic E-state index is -1.50. The maximum Gasteiger partial charge on any atom is 0.253 e. The smallest absolute Gasteiger partial charge is 0.253 e. The number of benzene rings is 2. The van der Waals surface area contributed by atoms with Gasteiger partial charge in [0.25, 0.3) is 5.91 Å². The largest absolute Gasteiger partial charge is 0.462 e. The van der Waals surface area contributed by atoms with Crippen molar-refractivity contribution in [2.24, 2.45) is 0 Å². The van der Waals surface area contributed by atoms with E-state index < -0.39 is 37.3 Å². The Morgan fingerprint density at radius 3 is 2.33 bits per heavy atom. The van der Waals surface area contributed by atoms with E-state index >= 15 is 0 Å². The number of aliphatic hydroxyl groups is 4. The number of carbonyl (C=O) groups excluding carboxylic acids is 1. The number of carbonyl (C=O) groups is 1. The standard InChI is InChI=1S/C24H30N2O7/c1-25-9-11-26(12-10-25)23(31)17-4-2-3-16(13-17)15-5-7-18(8-6-15)32-24-22(30)21(29)20(28)19(14-27)33-24/h2-8,13,19-22,24,27-30H,9-12,14H2,1H3/t19-,20-,21-,22-,24+/m1/s1. The number of hydrogen-bond donors (Lipinski definition) is 4. The number of aliphatic hydroxyl groups excluding tert-OH is 4. The van der Waals surface area contributed by atoms with Gasteiger partial charge in [-0.2, -0.15) is 0 Å². The van der Waals surface area contributed by atoms with Gasteiger partial charge >= 0.3 is 0 Å². The van der Waals surface area contributed by atoms with Gasteiger partial charge in [0.1, 0.15) is 30.2 Å². The van der Waals surface area contributed by atoms with E-state index in [2.05, 4.69) is 4.90 Å². The van der Waals surface area contributed by atoms with E-state index in [0.717, 1.165) is 24.2 Å². The normalized spacial score (nSPS) is 28.5. The highest BCUT2D eigenvalue weighted by Gasteiger charge is 2.44. The molecule has 0 saturated carbocycles. The van der Waals surface area contributed by atoms with Crippen molar-refractivity contribution in [1.82, 2.24) is 9.80 Å². The van der Waals surface area contributed by atoms with Crippen molar-refractivity contribution < 1.29 is 34.7 Å². The van der Waals surface area contributed by atoms with Gasteiger partial charge in [-0.1, -0.05) is 24.3 Å². The first-order valence-electron chi connectivity index (χ1n) is 11.0. The van der Waals surface area contributed by atoms with E-state index in [1.165, 1.54) is 0 Å². The van der Waals surface area contributed by atoms with Crippen LogP contribution in [0.5, 0.6) is 5.75 Å².